The summed E-state index contributed by atoms with van der Waals surface area (Å²) in [5.41, 5.74) is 0. The maximum Gasteiger partial charge on any atom is 0.314 e. The van der Waals surface area contributed by atoms with Gasteiger partial charge in [-0.05, 0) is 0 Å². The zero-order valence-electron chi connectivity index (χ0n) is 49.6. The molecule has 0 spiro atoms. The average Bonchev–Trinajstić information content (AvgIpc) is 3.73. The normalized spacial score (nSPS) is 11.2. The Bertz CT molecular complexity index is 577. The van der Waals surface area contributed by atoms with Gasteiger partial charge in [-0.1, -0.05) is 391 Å². The highest BCUT2D eigenvalue weighted by Gasteiger charge is 2.19. The molecule has 1 saturated heterocycles. The highest BCUT2D eigenvalue weighted by molar-refractivity contribution is 5.92. The summed E-state index contributed by atoms with van der Waals surface area (Å²) in [6.07, 6.45) is 69.3. The fraction of sp³-hybridized carbons (Fsp3) is 0.969. The Kier molecular flexibility index (Phi) is 98.5. The van der Waals surface area contributed by atoms with E-state index in [1.54, 1.807) is 0 Å². The van der Waals surface area contributed by atoms with Gasteiger partial charge in [-0.2, -0.15) is 0 Å². The van der Waals surface area contributed by atoms with Crippen LogP contribution in [0.1, 0.15) is 404 Å². The van der Waals surface area contributed by atoms with Crippen molar-refractivity contribution in [2.45, 2.75) is 404 Å². The first-order valence-corrected chi connectivity index (χ1v) is 31.5. The van der Waals surface area contributed by atoms with E-state index < -0.39 is 11.9 Å². The van der Waals surface area contributed by atoms with Crippen LogP contribution >= 0.6 is 0 Å². The lowest BCUT2D eigenvalue weighted by molar-refractivity contribution is -0.151. The Morgan fingerprint density at radius 2 is 0.284 bits per heavy atom. The van der Waals surface area contributed by atoms with Crippen LogP contribution in [0.3, 0.4) is 0 Å². The van der Waals surface area contributed by atoms with Crippen molar-refractivity contribution < 1.29 is 14.3 Å². The number of rotatable bonds is 42. The summed E-state index contributed by atoms with van der Waals surface area (Å²) in [7, 11) is 0. The summed E-state index contributed by atoms with van der Waals surface area (Å²) < 4.78 is 4.08. The lowest BCUT2D eigenvalue weighted by Crippen LogP contribution is -1.94. The molecule has 1 aliphatic heterocycles. The molecule has 0 bridgehead atoms. The Hall–Kier alpha value is -0.860. The van der Waals surface area contributed by atoms with Crippen molar-refractivity contribution in [3.8, 4) is 0 Å². The van der Waals surface area contributed by atoms with Crippen molar-refractivity contribution in [3.63, 3.8) is 0 Å². The van der Waals surface area contributed by atoms with Gasteiger partial charge in [0.25, 0.3) is 0 Å². The van der Waals surface area contributed by atoms with Crippen LogP contribution in [-0.4, -0.2) is 11.9 Å². The molecular weight excluding hydrogens is 817 g/mol. The third-order valence-electron chi connectivity index (χ3n) is 12.5. The van der Waals surface area contributed by atoms with Crippen LogP contribution in [0.4, 0.5) is 0 Å². The van der Waals surface area contributed by atoms with Gasteiger partial charge in [0, 0.05) is 0 Å². The van der Waals surface area contributed by atoms with Crippen LogP contribution in [0, 0.1) is 0 Å². The average molecular weight is 954 g/mol. The molecule has 410 valence electrons. The summed E-state index contributed by atoms with van der Waals surface area (Å²) >= 11 is 0. The highest BCUT2D eigenvalue weighted by atomic mass is 16.6. The van der Waals surface area contributed by atoms with Gasteiger partial charge in [0.1, 0.15) is 0 Å². The van der Waals surface area contributed by atoms with Crippen LogP contribution < -0.4 is 0 Å². The van der Waals surface area contributed by atoms with Gasteiger partial charge in [-0.25, -0.2) is 0 Å². The van der Waals surface area contributed by atoms with Gasteiger partial charge < -0.3 is 4.74 Å². The summed E-state index contributed by atoms with van der Waals surface area (Å²) in [6.45, 7) is 27.2. The summed E-state index contributed by atoms with van der Waals surface area (Å²) in [4.78, 5) is 20.0. The van der Waals surface area contributed by atoms with E-state index in [0.29, 0.717) is 0 Å². The quantitative estimate of drug-likeness (QED) is 0.0348. The molecule has 1 rings (SSSR count). The molecule has 1 fully saturated rings. The van der Waals surface area contributed by atoms with Gasteiger partial charge in [0.15, 0.2) is 0 Å². The van der Waals surface area contributed by atoms with E-state index in [9.17, 15) is 9.59 Å². The van der Waals surface area contributed by atoms with Crippen LogP contribution in [0.5, 0.6) is 0 Å². The second-order valence-electron chi connectivity index (χ2n) is 20.1. The molecule has 0 aliphatic carbocycles. The second kappa shape index (κ2) is 85.0. The first kappa shape index (κ1) is 77.6. The molecule has 0 aromatic heterocycles. The standard InChI is InChI=1S/6C10H22.C4H4O3/c6*1-3-5-7-9-10-8-6-4-2;5-3-1-2-4(6)7-3/h6*3-10H2,1-2H3;1-2H2. The van der Waals surface area contributed by atoms with E-state index in [0.717, 1.165) is 0 Å². The van der Waals surface area contributed by atoms with Crippen molar-refractivity contribution in [1.82, 2.24) is 0 Å². The summed E-state index contributed by atoms with van der Waals surface area (Å²) in [5.74, 6) is -0.796. The second-order valence-corrected chi connectivity index (χ2v) is 20.1. The molecule has 0 atom stereocenters. The molecule has 1 aliphatic rings. The molecular formula is C64H136O3. The van der Waals surface area contributed by atoms with Gasteiger partial charge >= 0.3 is 11.9 Å². The third-order valence-corrected chi connectivity index (χ3v) is 12.5. The Labute approximate surface area is 428 Å². The largest absolute Gasteiger partial charge is 0.393 e. The molecule has 0 saturated carbocycles. The smallest absolute Gasteiger partial charge is 0.314 e. The maximum atomic E-state index is 10.0. The molecule has 0 unspecified atom stereocenters. The van der Waals surface area contributed by atoms with E-state index >= 15 is 0 Å². The van der Waals surface area contributed by atoms with Crippen LogP contribution in [0.15, 0.2) is 0 Å². The number of carbonyl (C=O) groups is 2. The van der Waals surface area contributed by atoms with Crippen molar-refractivity contribution in [2.24, 2.45) is 0 Å². The van der Waals surface area contributed by atoms with Crippen LogP contribution in [0.2, 0.25) is 0 Å². The van der Waals surface area contributed by atoms with Crippen molar-refractivity contribution in [1.29, 1.82) is 0 Å². The first-order valence-electron chi connectivity index (χ1n) is 31.5. The Morgan fingerprint density at radius 3 is 0.343 bits per heavy atom. The van der Waals surface area contributed by atoms with Crippen LogP contribution in [0.25, 0.3) is 0 Å². The van der Waals surface area contributed by atoms with Gasteiger partial charge in [0.05, 0.1) is 12.8 Å². The minimum Gasteiger partial charge on any atom is -0.393 e. The van der Waals surface area contributed by atoms with Gasteiger partial charge in [0.2, 0.25) is 0 Å². The number of hydrogen-bond donors (Lipinski definition) is 0. The first-order chi connectivity index (χ1) is 32.8. The predicted molar refractivity (Wildman–Crippen MR) is 310 cm³/mol. The number of hydrogen-bond acceptors (Lipinski definition) is 3. The minimum atomic E-state index is -0.398. The zero-order valence-corrected chi connectivity index (χ0v) is 49.6. The fourth-order valence-electron chi connectivity index (χ4n) is 7.68. The molecule has 3 nitrogen and oxygen atoms in total. The molecule has 0 aromatic carbocycles. The number of ether oxygens (including phenoxy) is 1. The molecule has 3 heteroatoms. The number of cyclic esters (lactones) is 2. The SMILES string of the molecule is CCCCCCCCCC.CCCCCCCCCC.CCCCCCCCCC.CCCCCCCCCC.CCCCCCCCCC.CCCCCCCCCC.O=C1CCC(=O)O1. The summed E-state index contributed by atoms with van der Waals surface area (Å²) in [5, 5.41) is 0. The Morgan fingerprint density at radius 1 is 0.194 bits per heavy atom. The van der Waals surface area contributed by atoms with E-state index in [4.69, 9.17) is 0 Å². The molecule has 1 heterocycles. The molecule has 0 N–H and O–H groups in total. The minimum absolute atomic E-state index is 0.263. The summed E-state index contributed by atoms with van der Waals surface area (Å²) in [6, 6.07) is 0. The van der Waals surface area contributed by atoms with E-state index in [2.05, 4.69) is 87.8 Å². The highest BCUT2D eigenvalue weighted by Crippen LogP contribution is 2.12. The predicted octanol–water partition coefficient (Wildman–Crippen LogP) is 24.7. The molecule has 0 aromatic rings. The van der Waals surface area contributed by atoms with Crippen molar-refractivity contribution >= 4 is 11.9 Å². The van der Waals surface area contributed by atoms with E-state index in [1.807, 2.05) is 0 Å². The molecule has 67 heavy (non-hydrogen) atoms. The van der Waals surface area contributed by atoms with E-state index in [-0.39, 0.29) is 12.8 Å². The lowest BCUT2D eigenvalue weighted by atomic mass is 10.1. The van der Waals surface area contributed by atoms with E-state index in [1.165, 1.54) is 308 Å². The molecule has 0 amide bonds. The fourth-order valence-corrected chi connectivity index (χ4v) is 7.68. The zero-order chi connectivity index (χ0) is 51.2. The topological polar surface area (TPSA) is 43.4 Å². The number of carbonyl (C=O) groups excluding carboxylic acids is 2. The monoisotopic (exact) mass is 953 g/mol. The Balaban J connectivity index is -0.000000162. The van der Waals surface area contributed by atoms with Crippen molar-refractivity contribution in [2.75, 3.05) is 0 Å². The van der Waals surface area contributed by atoms with Crippen LogP contribution in [-0.2, 0) is 14.3 Å². The molecule has 0 radical (unpaired) electrons. The lowest BCUT2D eigenvalue weighted by Gasteiger charge is -1.97. The van der Waals surface area contributed by atoms with Gasteiger partial charge in [-0.15, -0.1) is 0 Å². The number of esters is 2. The van der Waals surface area contributed by atoms with Crippen molar-refractivity contribution in [3.05, 3.63) is 0 Å². The maximum absolute atomic E-state index is 10.0. The van der Waals surface area contributed by atoms with Gasteiger partial charge in [-0.3, -0.25) is 9.59 Å². The number of unbranched alkanes of at least 4 members (excludes halogenated alkanes) is 42. The third kappa shape index (κ3) is 103.